The molecule has 0 aliphatic heterocycles. The van der Waals surface area contributed by atoms with Gasteiger partial charge in [-0.3, -0.25) is 4.79 Å². The fourth-order valence-electron chi connectivity index (χ4n) is 5.51. The van der Waals surface area contributed by atoms with Crippen LogP contribution in [0.4, 0.5) is 0 Å². The van der Waals surface area contributed by atoms with E-state index in [1.807, 2.05) is 0 Å². The fourth-order valence-corrected chi connectivity index (χ4v) is 5.51. The molecular weight excluding hydrogens is 304 g/mol. The average Bonchev–Trinajstić information content (AvgIpc) is 3.18. The summed E-state index contributed by atoms with van der Waals surface area (Å²) in [6.45, 7) is 6.79. The molecule has 2 bridgehead atoms. The van der Waals surface area contributed by atoms with E-state index in [0.717, 1.165) is 32.1 Å². The summed E-state index contributed by atoms with van der Waals surface area (Å²) in [5.74, 6) is 1.01. The molecular formula is C24H26O. The van der Waals surface area contributed by atoms with E-state index in [2.05, 4.69) is 57.2 Å². The van der Waals surface area contributed by atoms with Crippen molar-refractivity contribution in [2.75, 3.05) is 0 Å². The van der Waals surface area contributed by atoms with Crippen molar-refractivity contribution in [3.63, 3.8) is 0 Å². The first-order chi connectivity index (χ1) is 11.9. The lowest BCUT2D eigenvalue weighted by Gasteiger charge is -2.40. The maximum atomic E-state index is 13.1. The Morgan fingerprint density at radius 3 is 2.56 bits per heavy atom. The molecule has 1 fully saturated rings. The lowest BCUT2D eigenvalue weighted by molar-refractivity contribution is -0.126. The Morgan fingerprint density at radius 2 is 1.88 bits per heavy atom. The third-order valence-electron chi connectivity index (χ3n) is 6.93. The molecule has 0 N–H and O–H groups in total. The number of carbonyl (C=O) groups is 1. The van der Waals surface area contributed by atoms with Gasteiger partial charge in [-0.1, -0.05) is 56.7 Å². The molecule has 2 aromatic carbocycles. The van der Waals surface area contributed by atoms with Crippen LogP contribution in [0.2, 0.25) is 0 Å². The predicted octanol–water partition coefficient (Wildman–Crippen LogP) is 5.63. The van der Waals surface area contributed by atoms with E-state index in [9.17, 15) is 4.79 Å². The first-order valence-electron chi connectivity index (χ1n) is 9.67. The van der Waals surface area contributed by atoms with Gasteiger partial charge in [-0.25, -0.2) is 0 Å². The molecule has 25 heavy (non-hydrogen) atoms. The molecule has 128 valence electrons. The number of hydrogen-bond acceptors (Lipinski definition) is 1. The molecule has 0 aromatic heterocycles. The van der Waals surface area contributed by atoms with Crippen molar-refractivity contribution in [2.24, 2.45) is 5.92 Å². The Kier molecular flexibility index (Phi) is 2.98. The highest BCUT2D eigenvalue weighted by atomic mass is 16.1. The fraction of sp³-hybridized carbons (Fsp3) is 0.458. The first-order valence-corrected chi connectivity index (χ1v) is 9.67. The van der Waals surface area contributed by atoms with E-state index in [1.165, 1.54) is 33.0 Å². The lowest BCUT2D eigenvalue weighted by atomic mass is 9.61. The molecule has 3 aliphatic rings. The molecule has 0 heterocycles. The van der Waals surface area contributed by atoms with Crippen molar-refractivity contribution in [1.29, 1.82) is 0 Å². The number of allylic oxidation sites excluding steroid dienone is 2. The number of carbonyl (C=O) groups excluding carboxylic acids is 1. The lowest BCUT2D eigenvalue weighted by Crippen LogP contribution is -2.43. The zero-order valence-electron chi connectivity index (χ0n) is 15.5. The molecule has 0 saturated heterocycles. The second-order valence-electron chi connectivity index (χ2n) is 9.39. The molecule has 1 heteroatoms. The SMILES string of the molecule is CC(C)(C)c1ccc2cc3c(cc2c1)C1(CC2=CCC1C2)C(=O)CC3. The number of rotatable bonds is 0. The monoisotopic (exact) mass is 330 g/mol. The van der Waals surface area contributed by atoms with E-state index in [-0.39, 0.29) is 10.8 Å². The minimum absolute atomic E-state index is 0.148. The molecule has 0 amide bonds. The summed E-state index contributed by atoms with van der Waals surface area (Å²) in [6.07, 6.45) is 7.25. The standard InChI is InChI=1S/C24H26O/c1-23(2,3)19-8-5-16-11-17-6-9-22(25)24(21(17)13-18(16)12-19)14-15-4-7-20(24)10-15/h4-5,8,11-13,20H,6-7,9-10,14H2,1-3H3. The number of fused-ring (bicyclic) bond motifs is 6. The summed E-state index contributed by atoms with van der Waals surface area (Å²) in [7, 11) is 0. The Bertz CT molecular complexity index is 940. The number of hydrogen-bond donors (Lipinski definition) is 0. The highest BCUT2D eigenvalue weighted by Crippen LogP contribution is 2.57. The quantitative estimate of drug-likeness (QED) is 0.572. The maximum absolute atomic E-state index is 13.1. The van der Waals surface area contributed by atoms with Crippen LogP contribution in [0.25, 0.3) is 10.8 Å². The van der Waals surface area contributed by atoms with Gasteiger partial charge in [0.2, 0.25) is 0 Å². The van der Waals surface area contributed by atoms with Crippen LogP contribution in [-0.2, 0) is 22.0 Å². The van der Waals surface area contributed by atoms with Gasteiger partial charge in [0.05, 0.1) is 5.41 Å². The van der Waals surface area contributed by atoms with Crippen LogP contribution in [0.15, 0.2) is 42.0 Å². The molecule has 5 rings (SSSR count). The van der Waals surface area contributed by atoms with Crippen molar-refractivity contribution >= 4 is 16.6 Å². The normalized spacial score (nSPS) is 27.9. The summed E-state index contributed by atoms with van der Waals surface area (Å²) in [6, 6.07) is 11.6. The van der Waals surface area contributed by atoms with Crippen molar-refractivity contribution in [3.8, 4) is 0 Å². The second kappa shape index (κ2) is 4.84. The summed E-state index contributed by atoms with van der Waals surface area (Å²) >= 11 is 0. The first kappa shape index (κ1) is 15.4. The summed E-state index contributed by atoms with van der Waals surface area (Å²) in [5.41, 5.74) is 5.61. The van der Waals surface area contributed by atoms with Crippen molar-refractivity contribution in [2.45, 2.75) is 63.7 Å². The minimum atomic E-state index is -0.205. The summed E-state index contributed by atoms with van der Waals surface area (Å²) in [5, 5.41) is 2.62. The van der Waals surface area contributed by atoms with E-state index in [1.54, 1.807) is 0 Å². The van der Waals surface area contributed by atoms with Crippen molar-refractivity contribution < 1.29 is 4.79 Å². The average molecular weight is 330 g/mol. The third-order valence-corrected chi connectivity index (χ3v) is 6.93. The zero-order valence-corrected chi connectivity index (χ0v) is 15.5. The van der Waals surface area contributed by atoms with Crippen LogP contribution in [0.5, 0.6) is 0 Å². The van der Waals surface area contributed by atoms with Gasteiger partial charge in [0.1, 0.15) is 5.78 Å². The van der Waals surface area contributed by atoms with Crippen molar-refractivity contribution in [1.82, 2.24) is 0 Å². The molecule has 2 aromatic rings. The van der Waals surface area contributed by atoms with Gasteiger partial charge >= 0.3 is 0 Å². The van der Waals surface area contributed by atoms with Crippen LogP contribution in [-0.4, -0.2) is 5.78 Å². The Labute approximate surface area is 150 Å². The van der Waals surface area contributed by atoms with Gasteiger partial charge in [-0.2, -0.15) is 0 Å². The van der Waals surface area contributed by atoms with Crippen LogP contribution in [0, 0.1) is 5.92 Å². The van der Waals surface area contributed by atoms with Crippen LogP contribution in [0.1, 0.15) is 63.1 Å². The van der Waals surface area contributed by atoms with Gasteiger partial charge in [0, 0.05) is 6.42 Å². The van der Waals surface area contributed by atoms with Crippen LogP contribution >= 0.6 is 0 Å². The predicted molar refractivity (Wildman–Crippen MR) is 103 cm³/mol. The number of Topliss-reactive ketones (excluding diaryl/α,β-unsaturated/α-hetero) is 1. The largest absolute Gasteiger partial charge is 0.299 e. The van der Waals surface area contributed by atoms with Crippen LogP contribution in [0.3, 0.4) is 0 Å². The second-order valence-corrected chi connectivity index (χ2v) is 9.39. The van der Waals surface area contributed by atoms with E-state index >= 15 is 0 Å². The summed E-state index contributed by atoms with van der Waals surface area (Å²) < 4.78 is 0. The molecule has 2 unspecified atom stereocenters. The highest BCUT2D eigenvalue weighted by Gasteiger charge is 2.55. The number of aryl methyl sites for hydroxylation is 1. The molecule has 1 spiro atoms. The zero-order chi connectivity index (χ0) is 17.4. The molecule has 3 aliphatic carbocycles. The third kappa shape index (κ3) is 2.05. The number of ketones is 1. The molecule has 1 saturated carbocycles. The smallest absolute Gasteiger partial charge is 0.144 e. The van der Waals surface area contributed by atoms with Gasteiger partial charge in [-0.05, 0) is 70.5 Å². The molecule has 2 atom stereocenters. The Balaban J connectivity index is 1.74. The minimum Gasteiger partial charge on any atom is -0.299 e. The molecule has 0 radical (unpaired) electrons. The van der Waals surface area contributed by atoms with E-state index < -0.39 is 0 Å². The van der Waals surface area contributed by atoms with E-state index in [4.69, 9.17) is 0 Å². The van der Waals surface area contributed by atoms with E-state index in [0.29, 0.717) is 11.7 Å². The van der Waals surface area contributed by atoms with Gasteiger partial charge < -0.3 is 0 Å². The van der Waals surface area contributed by atoms with Gasteiger partial charge in [0.25, 0.3) is 0 Å². The summed E-state index contributed by atoms with van der Waals surface area (Å²) in [4.78, 5) is 13.1. The van der Waals surface area contributed by atoms with Gasteiger partial charge in [0.15, 0.2) is 0 Å². The highest BCUT2D eigenvalue weighted by molar-refractivity contribution is 5.97. The number of benzene rings is 2. The maximum Gasteiger partial charge on any atom is 0.144 e. The Hall–Kier alpha value is -1.89. The van der Waals surface area contributed by atoms with Crippen molar-refractivity contribution in [3.05, 3.63) is 58.7 Å². The molecule has 1 nitrogen and oxygen atoms in total. The Morgan fingerprint density at radius 1 is 1.04 bits per heavy atom. The van der Waals surface area contributed by atoms with Crippen LogP contribution < -0.4 is 0 Å². The van der Waals surface area contributed by atoms with Gasteiger partial charge in [-0.15, -0.1) is 0 Å². The topological polar surface area (TPSA) is 17.1 Å².